The molecule has 0 aliphatic rings. The first-order chi connectivity index (χ1) is 25.3. The van der Waals surface area contributed by atoms with Crippen molar-refractivity contribution in [1.82, 2.24) is 9.55 Å². The topological polar surface area (TPSA) is 17.8 Å². The third-order valence-corrected chi connectivity index (χ3v) is 10.3. The van der Waals surface area contributed by atoms with Crippen LogP contribution in [0.4, 0.5) is 0 Å². The summed E-state index contributed by atoms with van der Waals surface area (Å²) in [5, 5.41) is 7.41. The van der Waals surface area contributed by atoms with Gasteiger partial charge >= 0.3 is 0 Å². The number of pyridine rings is 1. The maximum absolute atomic E-state index is 4.49. The average molecular weight is 649 g/mol. The van der Waals surface area contributed by atoms with Crippen molar-refractivity contribution in [3.8, 4) is 50.2 Å². The molecule has 2 heteroatoms. The zero-order chi connectivity index (χ0) is 33.7. The third kappa shape index (κ3) is 4.84. The van der Waals surface area contributed by atoms with Crippen molar-refractivity contribution >= 4 is 43.4 Å². The SMILES string of the molecule is c1ccc(-c2c3ccccc3c(-c3ccccc3)c3cc(-c4ccc(-c5ccc6c(c5)c5cnccc5n6-c5ccccc5)cc4)ccc23)cc1. The van der Waals surface area contributed by atoms with E-state index in [1.54, 1.807) is 0 Å². The minimum Gasteiger partial charge on any atom is -0.309 e. The van der Waals surface area contributed by atoms with Gasteiger partial charge in [-0.25, -0.2) is 0 Å². The molecule has 2 nitrogen and oxygen atoms in total. The van der Waals surface area contributed by atoms with Gasteiger partial charge in [0.25, 0.3) is 0 Å². The lowest BCUT2D eigenvalue weighted by atomic mass is 9.85. The van der Waals surface area contributed by atoms with E-state index in [4.69, 9.17) is 0 Å². The van der Waals surface area contributed by atoms with Crippen LogP contribution in [0.5, 0.6) is 0 Å². The van der Waals surface area contributed by atoms with Crippen LogP contribution >= 0.6 is 0 Å². The van der Waals surface area contributed by atoms with E-state index in [0.717, 1.165) is 16.6 Å². The maximum atomic E-state index is 4.49. The molecule has 0 aliphatic carbocycles. The highest BCUT2D eigenvalue weighted by Gasteiger charge is 2.18. The van der Waals surface area contributed by atoms with Crippen molar-refractivity contribution in [3.63, 3.8) is 0 Å². The van der Waals surface area contributed by atoms with Crippen LogP contribution in [0.3, 0.4) is 0 Å². The molecule has 10 rings (SSSR count). The first kappa shape index (κ1) is 29.2. The molecule has 51 heavy (non-hydrogen) atoms. The monoisotopic (exact) mass is 648 g/mol. The number of hydrogen-bond donors (Lipinski definition) is 0. The van der Waals surface area contributed by atoms with Crippen molar-refractivity contribution in [2.45, 2.75) is 0 Å². The second-order valence-corrected chi connectivity index (χ2v) is 13.2. The fourth-order valence-corrected chi connectivity index (χ4v) is 7.95. The Labute approximate surface area is 296 Å². The molecule has 0 saturated carbocycles. The van der Waals surface area contributed by atoms with Gasteiger partial charge in [0, 0.05) is 28.9 Å². The Morgan fingerprint density at radius 1 is 0.314 bits per heavy atom. The van der Waals surface area contributed by atoms with Gasteiger partial charge in [0.15, 0.2) is 0 Å². The van der Waals surface area contributed by atoms with Crippen LogP contribution in [-0.2, 0) is 0 Å². The Morgan fingerprint density at radius 2 is 0.784 bits per heavy atom. The third-order valence-electron chi connectivity index (χ3n) is 10.3. The Kier molecular flexibility index (Phi) is 6.85. The fraction of sp³-hybridized carbons (Fsp3) is 0. The van der Waals surface area contributed by atoms with Gasteiger partial charge in [0.05, 0.1) is 11.0 Å². The van der Waals surface area contributed by atoms with Crippen LogP contribution in [-0.4, -0.2) is 9.55 Å². The molecular formula is C49H32N2. The molecule has 0 N–H and O–H groups in total. The van der Waals surface area contributed by atoms with E-state index < -0.39 is 0 Å². The molecule has 0 amide bonds. The Hall–Kier alpha value is -6.77. The van der Waals surface area contributed by atoms with Crippen LogP contribution in [0.15, 0.2) is 194 Å². The zero-order valence-corrected chi connectivity index (χ0v) is 27.9. The second kappa shape index (κ2) is 12.0. The van der Waals surface area contributed by atoms with E-state index in [1.807, 2.05) is 12.4 Å². The maximum Gasteiger partial charge on any atom is 0.0571 e. The van der Waals surface area contributed by atoms with Crippen LogP contribution in [0.2, 0.25) is 0 Å². The molecule has 0 atom stereocenters. The minimum absolute atomic E-state index is 1.15. The molecule has 10 aromatic rings. The lowest BCUT2D eigenvalue weighted by molar-refractivity contribution is 1.17. The largest absolute Gasteiger partial charge is 0.309 e. The number of fused-ring (bicyclic) bond motifs is 5. The molecule has 2 aromatic heterocycles. The molecule has 2 heterocycles. The van der Waals surface area contributed by atoms with Crippen molar-refractivity contribution in [2.75, 3.05) is 0 Å². The quantitative estimate of drug-likeness (QED) is 0.170. The predicted molar refractivity (Wildman–Crippen MR) is 215 cm³/mol. The van der Waals surface area contributed by atoms with Gasteiger partial charge in [-0.1, -0.05) is 146 Å². The van der Waals surface area contributed by atoms with Gasteiger partial charge < -0.3 is 4.57 Å². The van der Waals surface area contributed by atoms with E-state index in [0.29, 0.717) is 0 Å². The van der Waals surface area contributed by atoms with Crippen LogP contribution in [0.1, 0.15) is 0 Å². The second-order valence-electron chi connectivity index (χ2n) is 13.2. The van der Waals surface area contributed by atoms with E-state index in [2.05, 4.69) is 192 Å². The number of para-hydroxylation sites is 1. The normalized spacial score (nSPS) is 11.5. The van der Waals surface area contributed by atoms with E-state index in [9.17, 15) is 0 Å². The van der Waals surface area contributed by atoms with Crippen molar-refractivity contribution in [2.24, 2.45) is 0 Å². The molecule has 0 spiro atoms. The number of rotatable bonds is 5. The molecule has 0 fully saturated rings. The van der Waals surface area contributed by atoms with Gasteiger partial charge in [-0.05, 0) is 102 Å². The highest BCUT2D eigenvalue weighted by molar-refractivity contribution is 6.22. The lowest BCUT2D eigenvalue weighted by Gasteiger charge is -2.18. The standard InChI is InChI=1S/C49H32N2/c1-4-12-35(13-5-1)48-40-18-10-11-19-41(40)49(36-14-6-2-7-15-36)44-31-37(24-26-42(44)48)33-20-22-34(23-21-33)38-25-27-46-43(30-38)45-32-50-29-28-47(45)51(46)39-16-8-3-9-17-39/h1-32H. The van der Waals surface area contributed by atoms with Gasteiger partial charge in [-0.15, -0.1) is 0 Å². The molecule has 0 unspecified atom stereocenters. The van der Waals surface area contributed by atoms with E-state index >= 15 is 0 Å². The van der Waals surface area contributed by atoms with Gasteiger partial charge in [0.1, 0.15) is 0 Å². The van der Waals surface area contributed by atoms with E-state index in [1.165, 1.54) is 77.0 Å². The molecular weight excluding hydrogens is 617 g/mol. The van der Waals surface area contributed by atoms with E-state index in [-0.39, 0.29) is 0 Å². The number of benzene rings is 8. The molecule has 0 aliphatic heterocycles. The molecule has 0 bridgehead atoms. The Bertz CT molecular complexity index is 2870. The van der Waals surface area contributed by atoms with Crippen LogP contribution in [0, 0.1) is 0 Å². The predicted octanol–water partition coefficient (Wildman–Crippen LogP) is 13.2. The first-order valence-electron chi connectivity index (χ1n) is 17.5. The van der Waals surface area contributed by atoms with Crippen molar-refractivity contribution < 1.29 is 0 Å². The summed E-state index contributed by atoms with van der Waals surface area (Å²) in [5.41, 5.74) is 13.3. The first-order valence-corrected chi connectivity index (χ1v) is 17.5. The Balaban J connectivity index is 1.11. The number of nitrogens with zero attached hydrogens (tertiary/aromatic N) is 2. The smallest absolute Gasteiger partial charge is 0.0571 e. The minimum atomic E-state index is 1.15. The summed E-state index contributed by atoms with van der Waals surface area (Å²) in [5.74, 6) is 0. The number of hydrogen-bond acceptors (Lipinski definition) is 1. The summed E-state index contributed by atoms with van der Waals surface area (Å²) < 4.78 is 2.33. The zero-order valence-electron chi connectivity index (χ0n) is 27.9. The summed E-state index contributed by atoms with van der Waals surface area (Å²) >= 11 is 0. The molecule has 0 saturated heterocycles. The lowest BCUT2D eigenvalue weighted by Crippen LogP contribution is -1.93. The highest BCUT2D eigenvalue weighted by Crippen LogP contribution is 2.45. The number of aromatic nitrogens is 2. The van der Waals surface area contributed by atoms with Crippen molar-refractivity contribution in [1.29, 1.82) is 0 Å². The molecule has 8 aromatic carbocycles. The Morgan fingerprint density at radius 3 is 1.41 bits per heavy atom. The molecule has 0 radical (unpaired) electrons. The molecule has 238 valence electrons. The average Bonchev–Trinajstić information content (AvgIpc) is 3.54. The summed E-state index contributed by atoms with van der Waals surface area (Å²) in [7, 11) is 0. The summed E-state index contributed by atoms with van der Waals surface area (Å²) in [6.45, 7) is 0. The van der Waals surface area contributed by atoms with Crippen LogP contribution < -0.4 is 0 Å². The summed E-state index contributed by atoms with van der Waals surface area (Å²) in [6.07, 6.45) is 3.86. The van der Waals surface area contributed by atoms with Gasteiger partial charge in [-0.2, -0.15) is 0 Å². The van der Waals surface area contributed by atoms with Crippen molar-refractivity contribution in [3.05, 3.63) is 194 Å². The summed E-state index contributed by atoms with van der Waals surface area (Å²) in [6, 6.07) is 66.0. The summed E-state index contributed by atoms with van der Waals surface area (Å²) in [4.78, 5) is 4.49. The van der Waals surface area contributed by atoms with Crippen LogP contribution in [0.25, 0.3) is 93.5 Å². The fourth-order valence-electron chi connectivity index (χ4n) is 7.95. The van der Waals surface area contributed by atoms with Gasteiger partial charge in [-0.3, -0.25) is 4.98 Å². The van der Waals surface area contributed by atoms with Gasteiger partial charge in [0.2, 0.25) is 0 Å². The highest BCUT2D eigenvalue weighted by atomic mass is 15.0.